The number of hydrogen-bond donors (Lipinski definition) is 2. The van der Waals surface area contributed by atoms with Gasteiger partial charge in [-0.05, 0) is 61.4 Å². The smallest absolute Gasteiger partial charge is 0.187 e. The Labute approximate surface area is 190 Å². The van der Waals surface area contributed by atoms with Crippen LogP contribution in [0.15, 0.2) is 22.7 Å². The van der Waals surface area contributed by atoms with Crippen LogP contribution < -0.4 is 10.2 Å². The van der Waals surface area contributed by atoms with Crippen LogP contribution in [0.2, 0.25) is 0 Å². The van der Waals surface area contributed by atoms with Crippen LogP contribution in [0.3, 0.4) is 0 Å². The fourth-order valence-electron chi connectivity index (χ4n) is 4.48. The van der Waals surface area contributed by atoms with E-state index in [0.29, 0.717) is 0 Å². The van der Waals surface area contributed by atoms with Gasteiger partial charge >= 0.3 is 0 Å². The lowest BCUT2D eigenvalue weighted by Crippen LogP contribution is -3.12. The molecule has 1 aliphatic heterocycles. The van der Waals surface area contributed by atoms with Crippen LogP contribution in [0.1, 0.15) is 35.2 Å². The van der Waals surface area contributed by atoms with E-state index in [9.17, 15) is 0 Å². The second-order valence-electron chi connectivity index (χ2n) is 8.65. The van der Waals surface area contributed by atoms with Gasteiger partial charge < -0.3 is 15.0 Å². The number of nitrogens with one attached hydrogen (secondary N) is 2. The van der Waals surface area contributed by atoms with Crippen LogP contribution in [0.5, 0.6) is 0 Å². The van der Waals surface area contributed by atoms with Gasteiger partial charge in [0.1, 0.15) is 30.3 Å². The van der Waals surface area contributed by atoms with Crippen LogP contribution >= 0.6 is 27.3 Å². The maximum absolute atomic E-state index is 5.52. The third-order valence-electron chi connectivity index (χ3n) is 6.23. The van der Waals surface area contributed by atoms with E-state index in [2.05, 4.69) is 53.3 Å². The summed E-state index contributed by atoms with van der Waals surface area (Å²) in [5, 5.41) is 4.88. The summed E-state index contributed by atoms with van der Waals surface area (Å²) in [6.45, 7) is 9.02. The molecular formula is C23H28BrN4OS+. The van der Waals surface area contributed by atoms with Crippen molar-refractivity contribution < 1.29 is 9.64 Å². The van der Waals surface area contributed by atoms with Gasteiger partial charge in [-0.3, -0.25) is 0 Å². The van der Waals surface area contributed by atoms with Gasteiger partial charge in [-0.15, -0.1) is 11.3 Å². The molecule has 1 saturated heterocycles. The standard InChI is InChI=1S/C23H27BrN4OS/c1-14-3-5-17-19(11-14)30-23-21(17)22(25-16-4-6-18(24)15(2)12-16)26-20(27-23)13-28-7-9-29-10-8-28/h4,6,12,14H,3,5,7-11,13H2,1-2H3,(H,25,26,27)/p+1/t14-/m0/s1. The summed E-state index contributed by atoms with van der Waals surface area (Å²) in [6, 6.07) is 6.38. The van der Waals surface area contributed by atoms with E-state index >= 15 is 0 Å². The molecule has 0 unspecified atom stereocenters. The lowest BCUT2D eigenvalue weighted by atomic mass is 9.89. The Morgan fingerprint density at radius 1 is 1.27 bits per heavy atom. The zero-order chi connectivity index (χ0) is 20.7. The average Bonchev–Trinajstić information content (AvgIpc) is 3.09. The van der Waals surface area contributed by atoms with E-state index in [1.54, 1.807) is 0 Å². The fourth-order valence-corrected chi connectivity index (χ4v) is 6.12. The topological polar surface area (TPSA) is 51.5 Å². The van der Waals surface area contributed by atoms with Crippen molar-refractivity contribution in [1.82, 2.24) is 9.97 Å². The SMILES string of the molecule is Cc1cc(Nc2nc(C[NH+]3CCOCC3)nc3sc4c(c23)CC[C@H](C)C4)ccc1Br. The fraction of sp³-hybridized carbons (Fsp3) is 0.478. The number of ether oxygens (including phenoxy) is 1. The first-order valence-electron chi connectivity index (χ1n) is 10.8. The monoisotopic (exact) mass is 487 g/mol. The Morgan fingerprint density at radius 3 is 2.90 bits per heavy atom. The molecule has 5 rings (SSSR count). The van der Waals surface area contributed by atoms with Gasteiger partial charge in [0, 0.05) is 15.0 Å². The van der Waals surface area contributed by atoms with Crippen molar-refractivity contribution in [2.24, 2.45) is 5.92 Å². The normalized spacial score (nSPS) is 19.8. The van der Waals surface area contributed by atoms with Crippen LogP contribution in [-0.4, -0.2) is 36.3 Å². The van der Waals surface area contributed by atoms with Crippen LogP contribution in [0, 0.1) is 12.8 Å². The third-order valence-corrected chi connectivity index (χ3v) is 8.27. The lowest BCUT2D eigenvalue weighted by molar-refractivity contribution is -0.922. The number of anilines is 2. The Bertz CT molecular complexity index is 1080. The molecule has 0 radical (unpaired) electrons. The van der Waals surface area contributed by atoms with Crippen molar-refractivity contribution in [2.45, 2.75) is 39.7 Å². The van der Waals surface area contributed by atoms with E-state index in [1.165, 1.54) is 32.7 Å². The Balaban J connectivity index is 1.56. The molecule has 1 atom stereocenters. The summed E-state index contributed by atoms with van der Waals surface area (Å²) in [7, 11) is 0. The summed E-state index contributed by atoms with van der Waals surface area (Å²) >= 11 is 5.48. The van der Waals surface area contributed by atoms with Crippen molar-refractivity contribution in [2.75, 3.05) is 31.6 Å². The second-order valence-corrected chi connectivity index (χ2v) is 10.6. The number of fused-ring (bicyclic) bond motifs is 3. The van der Waals surface area contributed by atoms with E-state index in [4.69, 9.17) is 14.7 Å². The molecule has 1 aliphatic carbocycles. The zero-order valence-corrected chi connectivity index (χ0v) is 20.0. The average molecular weight is 488 g/mol. The third kappa shape index (κ3) is 4.13. The summed E-state index contributed by atoms with van der Waals surface area (Å²) < 4.78 is 6.65. The van der Waals surface area contributed by atoms with E-state index in [1.807, 2.05) is 11.3 Å². The highest BCUT2D eigenvalue weighted by atomic mass is 79.9. The molecule has 0 saturated carbocycles. The molecule has 1 aromatic carbocycles. The predicted octanol–water partition coefficient (Wildman–Crippen LogP) is 4.05. The maximum atomic E-state index is 5.52. The molecule has 3 heterocycles. The van der Waals surface area contributed by atoms with Crippen molar-refractivity contribution in [3.8, 4) is 0 Å². The van der Waals surface area contributed by atoms with Gasteiger partial charge in [0.2, 0.25) is 0 Å². The van der Waals surface area contributed by atoms with Gasteiger partial charge in [-0.1, -0.05) is 22.9 Å². The minimum atomic E-state index is 0.751. The minimum Gasteiger partial charge on any atom is -0.370 e. The van der Waals surface area contributed by atoms with Crippen LogP contribution in [0.25, 0.3) is 10.2 Å². The highest BCUT2D eigenvalue weighted by Gasteiger charge is 2.25. The van der Waals surface area contributed by atoms with Gasteiger partial charge in [-0.25, -0.2) is 9.97 Å². The van der Waals surface area contributed by atoms with Gasteiger partial charge in [-0.2, -0.15) is 0 Å². The Hall–Kier alpha value is -1.54. The largest absolute Gasteiger partial charge is 0.370 e. The number of benzene rings is 1. The summed E-state index contributed by atoms with van der Waals surface area (Å²) in [5.74, 6) is 2.65. The van der Waals surface area contributed by atoms with Crippen molar-refractivity contribution in [3.63, 3.8) is 0 Å². The molecule has 30 heavy (non-hydrogen) atoms. The first-order chi connectivity index (χ1) is 14.6. The molecule has 3 aromatic rings. The number of thiophene rings is 1. The maximum Gasteiger partial charge on any atom is 0.187 e. The number of halogens is 1. The first-order valence-corrected chi connectivity index (χ1v) is 12.4. The van der Waals surface area contributed by atoms with Gasteiger partial charge in [0.05, 0.1) is 18.6 Å². The van der Waals surface area contributed by atoms with Crippen LogP contribution in [0.4, 0.5) is 11.5 Å². The molecule has 2 aliphatic rings. The highest BCUT2D eigenvalue weighted by molar-refractivity contribution is 9.10. The van der Waals surface area contributed by atoms with Crippen molar-refractivity contribution in [3.05, 3.63) is 44.5 Å². The quantitative estimate of drug-likeness (QED) is 0.582. The number of nitrogens with zero attached hydrogens (tertiary/aromatic N) is 2. The number of aromatic nitrogens is 2. The van der Waals surface area contributed by atoms with Crippen molar-refractivity contribution >= 4 is 49.0 Å². The number of rotatable bonds is 4. The summed E-state index contributed by atoms with van der Waals surface area (Å²) in [6.07, 6.45) is 3.54. The molecule has 5 nitrogen and oxygen atoms in total. The molecule has 2 N–H and O–H groups in total. The zero-order valence-electron chi connectivity index (χ0n) is 17.6. The Morgan fingerprint density at radius 2 is 2.10 bits per heavy atom. The Kier molecular flexibility index (Phi) is 5.79. The predicted molar refractivity (Wildman–Crippen MR) is 126 cm³/mol. The first kappa shape index (κ1) is 20.4. The van der Waals surface area contributed by atoms with Crippen molar-refractivity contribution in [1.29, 1.82) is 0 Å². The van der Waals surface area contributed by atoms with Gasteiger partial charge in [0.25, 0.3) is 0 Å². The molecular weight excluding hydrogens is 460 g/mol. The van der Waals surface area contributed by atoms with Crippen LogP contribution in [-0.2, 0) is 24.1 Å². The van der Waals surface area contributed by atoms with E-state index in [-0.39, 0.29) is 0 Å². The highest BCUT2D eigenvalue weighted by Crippen LogP contribution is 2.40. The molecule has 2 aromatic heterocycles. The lowest BCUT2D eigenvalue weighted by Gasteiger charge is -2.23. The van der Waals surface area contributed by atoms with E-state index < -0.39 is 0 Å². The summed E-state index contributed by atoms with van der Waals surface area (Å²) in [5.41, 5.74) is 3.75. The number of quaternary nitrogens is 1. The molecule has 0 spiro atoms. The number of aryl methyl sites for hydroxylation is 2. The molecule has 158 valence electrons. The van der Waals surface area contributed by atoms with Gasteiger partial charge in [0.15, 0.2) is 5.82 Å². The molecule has 0 bridgehead atoms. The molecule has 7 heteroatoms. The molecule has 1 fully saturated rings. The molecule has 0 amide bonds. The van der Waals surface area contributed by atoms with E-state index in [0.717, 1.165) is 78.2 Å². The summed E-state index contributed by atoms with van der Waals surface area (Å²) in [4.78, 5) is 14.2. The minimum absolute atomic E-state index is 0.751. The second kappa shape index (κ2) is 8.54. The number of hydrogen-bond acceptors (Lipinski definition) is 5. The number of morpholine rings is 1.